The number of hydrogen-bond acceptors (Lipinski definition) is 1. The second-order valence-electron chi connectivity index (χ2n) is 5.48. The normalized spacial score (nSPS) is 10.5. The van der Waals surface area contributed by atoms with E-state index in [0.29, 0.717) is 0 Å². The van der Waals surface area contributed by atoms with E-state index in [1.165, 1.54) is 0 Å². The lowest BCUT2D eigenvalue weighted by atomic mass is 9.99. The third-order valence-corrected chi connectivity index (χ3v) is 3.72. The molecule has 0 saturated heterocycles. The zero-order valence-corrected chi connectivity index (χ0v) is 13.2. The molecule has 0 aliphatic carbocycles. The molecule has 5 heteroatoms. The first kappa shape index (κ1) is 16.6. The molecule has 0 bridgehead atoms. The Morgan fingerprint density at radius 1 is 0.800 bits per heavy atom. The van der Waals surface area contributed by atoms with Crippen LogP contribution in [0.1, 0.15) is 17.2 Å². The molecular weight excluding hydrogens is 322 g/mol. The van der Waals surface area contributed by atoms with Gasteiger partial charge >= 0.3 is 6.03 Å². The minimum absolute atomic E-state index is 0.211. The Morgan fingerprint density at radius 3 is 1.92 bits per heavy atom. The van der Waals surface area contributed by atoms with Gasteiger partial charge in [0.15, 0.2) is 0 Å². The van der Waals surface area contributed by atoms with Crippen LogP contribution in [0.15, 0.2) is 78.9 Å². The highest BCUT2D eigenvalue weighted by atomic mass is 19.1. The van der Waals surface area contributed by atoms with Crippen LogP contribution in [-0.2, 0) is 0 Å². The van der Waals surface area contributed by atoms with Crippen LogP contribution in [0.25, 0.3) is 0 Å². The molecule has 25 heavy (non-hydrogen) atoms. The first-order chi connectivity index (χ1) is 12.1. The Kier molecular flexibility index (Phi) is 5.04. The van der Waals surface area contributed by atoms with Gasteiger partial charge in [-0.1, -0.05) is 60.7 Å². The number of hydrogen-bond donors (Lipinski definition) is 2. The molecule has 0 radical (unpaired) electrons. The average Bonchev–Trinajstić information content (AvgIpc) is 2.64. The molecule has 0 heterocycles. The Hall–Kier alpha value is -3.21. The maximum Gasteiger partial charge on any atom is 0.320 e. The lowest BCUT2D eigenvalue weighted by Gasteiger charge is -2.20. The number of rotatable bonds is 4. The molecule has 0 atom stereocenters. The van der Waals surface area contributed by atoms with Crippen molar-refractivity contribution in [3.8, 4) is 0 Å². The zero-order chi connectivity index (χ0) is 17.6. The lowest BCUT2D eigenvalue weighted by Crippen LogP contribution is -2.33. The van der Waals surface area contributed by atoms with Gasteiger partial charge in [0.25, 0.3) is 0 Å². The van der Waals surface area contributed by atoms with E-state index >= 15 is 0 Å². The number of urea groups is 1. The Balaban J connectivity index is 1.83. The van der Waals surface area contributed by atoms with Crippen molar-refractivity contribution in [3.63, 3.8) is 0 Å². The van der Waals surface area contributed by atoms with Gasteiger partial charge in [-0.2, -0.15) is 0 Å². The molecule has 3 rings (SSSR count). The highest BCUT2D eigenvalue weighted by Crippen LogP contribution is 2.22. The summed E-state index contributed by atoms with van der Waals surface area (Å²) < 4.78 is 27.0. The van der Waals surface area contributed by atoms with Crippen LogP contribution in [0.2, 0.25) is 0 Å². The second-order valence-corrected chi connectivity index (χ2v) is 5.48. The van der Waals surface area contributed by atoms with Crippen molar-refractivity contribution in [2.24, 2.45) is 0 Å². The van der Waals surface area contributed by atoms with Gasteiger partial charge in [-0.3, -0.25) is 0 Å². The standard InChI is InChI=1S/C20H16F2N2O/c21-16-11-12-17(22)18(13-16)23-20(25)24-19(14-7-3-1-4-8-14)15-9-5-2-6-10-15/h1-13,19H,(H2,23,24,25). The minimum atomic E-state index is -0.701. The number of halogens is 2. The molecular formula is C20H16F2N2O. The number of amides is 2. The zero-order valence-electron chi connectivity index (χ0n) is 13.2. The van der Waals surface area contributed by atoms with Crippen molar-refractivity contribution in [1.82, 2.24) is 5.32 Å². The van der Waals surface area contributed by atoms with Gasteiger partial charge in [0, 0.05) is 6.07 Å². The Labute approximate surface area is 144 Å². The van der Waals surface area contributed by atoms with Gasteiger partial charge in [-0.05, 0) is 23.3 Å². The van der Waals surface area contributed by atoms with Gasteiger partial charge in [0.05, 0.1) is 11.7 Å². The van der Waals surface area contributed by atoms with Crippen LogP contribution in [-0.4, -0.2) is 6.03 Å². The third kappa shape index (κ3) is 4.20. The summed E-state index contributed by atoms with van der Waals surface area (Å²) in [6.07, 6.45) is 0. The summed E-state index contributed by atoms with van der Waals surface area (Å²) in [6.45, 7) is 0. The van der Waals surface area contributed by atoms with Gasteiger partial charge in [-0.25, -0.2) is 13.6 Å². The molecule has 3 nitrogen and oxygen atoms in total. The first-order valence-electron chi connectivity index (χ1n) is 7.76. The maximum atomic E-state index is 13.7. The van der Waals surface area contributed by atoms with Crippen molar-refractivity contribution < 1.29 is 13.6 Å². The summed E-state index contributed by atoms with van der Waals surface area (Å²) in [5, 5.41) is 5.16. The molecule has 2 N–H and O–H groups in total. The van der Waals surface area contributed by atoms with E-state index in [4.69, 9.17) is 0 Å². The van der Waals surface area contributed by atoms with E-state index in [9.17, 15) is 13.6 Å². The topological polar surface area (TPSA) is 41.1 Å². The van der Waals surface area contributed by atoms with E-state index in [1.54, 1.807) is 0 Å². The summed E-state index contributed by atoms with van der Waals surface area (Å²) in [7, 11) is 0. The first-order valence-corrected chi connectivity index (χ1v) is 7.76. The van der Waals surface area contributed by atoms with Crippen molar-refractivity contribution >= 4 is 11.7 Å². The molecule has 0 aliphatic heterocycles. The fourth-order valence-corrected chi connectivity index (χ4v) is 2.53. The molecule has 2 amide bonds. The predicted molar refractivity (Wildman–Crippen MR) is 93.2 cm³/mol. The molecule has 0 aliphatic rings. The van der Waals surface area contributed by atoms with E-state index in [2.05, 4.69) is 10.6 Å². The highest BCUT2D eigenvalue weighted by molar-refractivity contribution is 5.89. The second kappa shape index (κ2) is 7.57. The molecule has 0 spiro atoms. The summed E-state index contributed by atoms with van der Waals surface area (Å²) in [6, 6.07) is 20.7. The van der Waals surface area contributed by atoms with E-state index in [-0.39, 0.29) is 5.69 Å². The number of carbonyl (C=O) groups is 1. The van der Waals surface area contributed by atoms with Crippen molar-refractivity contribution in [3.05, 3.63) is 102 Å². The molecule has 126 valence electrons. The van der Waals surface area contributed by atoms with Crippen LogP contribution >= 0.6 is 0 Å². The summed E-state index contributed by atoms with van der Waals surface area (Å²) >= 11 is 0. The van der Waals surface area contributed by atoms with Crippen LogP contribution < -0.4 is 10.6 Å². The van der Waals surface area contributed by atoms with Crippen molar-refractivity contribution in [1.29, 1.82) is 0 Å². The number of nitrogens with one attached hydrogen (secondary N) is 2. The van der Waals surface area contributed by atoms with Crippen molar-refractivity contribution in [2.45, 2.75) is 6.04 Å². The molecule has 0 aromatic heterocycles. The van der Waals surface area contributed by atoms with Crippen molar-refractivity contribution in [2.75, 3.05) is 5.32 Å². The minimum Gasteiger partial charge on any atom is -0.327 e. The van der Waals surface area contributed by atoms with Crippen LogP contribution in [0.5, 0.6) is 0 Å². The quantitative estimate of drug-likeness (QED) is 0.700. The fraction of sp³-hybridized carbons (Fsp3) is 0.0500. The van der Waals surface area contributed by atoms with Crippen LogP contribution in [0.3, 0.4) is 0 Å². The smallest absolute Gasteiger partial charge is 0.320 e. The maximum absolute atomic E-state index is 13.7. The van der Waals surface area contributed by atoms with Gasteiger partial charge in [0.2, 0.25) is 0 Å². The predicted octanol–water partition coefficient (Wildman–Crippen LogP) is 4.88. The SMILES string of the molecule is O=C(Nc1cc(F)ccc1F)NC(c1ccccc1)c1ccccc1. The van der Waals surface area contributed by atoms with Gasteiger partial charge in [0.1, 0.15) is 11.6 Å². The number of benzene rings is 3. The third-order valence-electron chi connectivity index (χ3n) is 3.72. The molecule has 3 aromatic carbocycles. The summed E-state index contributed by atoms with van der Waals surface area (Å²) in [5.41, 5.74) is 1.55. The molecule has 0 fully saturated rings. The Bertz CT molecular complexity index is 815. The number of carbonyl (C=O) groups excluding carboxylic acids is 1. The van der Waals surface area contributed by atoms with E-state index in [0.717, 1.165) is 29.3 Å². The van der Waals surface area contributed by atoms with Crippen LogP contribution in [0.4, 0.5) is 19.3 Å². The summed E-state index contributed by atoms with van der Waals surface area (Å²) in [4.78, 5) is 12.3. The van der Waals surface area contributed by atoms with Crippen LogP contribution in [0, 0.1) is 11.6 Å². The van der Waals surface area contributed by atoms with E-state index in [1.807, 2.05) is 60.7 Å². The summed E-state index contributed by atoms with van der Waals surface area (Å²) in [5.74, 6) is -1.33. The molecule has 0 saturated carbocycles. The fourth-order valence-electron chi connectivity index (χ4n) is 2.53. The van der Waals surface area contributed by atoms with Gasteiger partial charge in [-0.15, -0.1) is 0 Å². The highest BCUT2D eigenvalue weighted by Gasteiger charge is 2.17. The molecule has 3 aromatic rings. The molecule has 0 unspecified atom stereocenters. The monoisotopic (exact) mass is 338 g/mol. The lowest BCUT2D eigenvalue weighted by molar-refractivity contribution is 0.250. The van der Waals surface area contributed by atoms with Gasteiger partial charge < -0.3 is 10.6 Å². The average molecular weight is 338 g/mol. The number of anilines is 1. The van der Waals surface area contributed by atoms with E-state index < -0.39 is 23.7 Å². The Morgan fingerprint density at radius 2 is 1.36 bits per heavy atom. The largest absolute Gasteiger partial charge is 0.327 e.